The van der Waals surface area contributed by atoms with Crippen molar-refractivity contribution in [2.24, 2.45) is 0 Å². The second-order valence-electron chi connectivity index (χ2n) is 10.8. The third kappa shape index (κ3) is 6.81. The first-order valence-electron chi connectivity index (χ1n) is 14.2. The van der Waals surface area contributed by atoms with Crippen molar-refractivity contribution < 1.29 is 23.1 Å². The predicted octanol–water partition coefficient (Wildman–Crippen LogP) is 5.68. The van der Waals surface area contributed by atoms with Crippen molar-refractivity contribution in [1.82, 2.24) is 34.2 Å². The van der Waals surface area contributed by atoms with Crippen LogP contribution in [0.5, 0.6) is 5.75 Å². The molecule has 0 atom stereocenters. The molecule has 1 aliphatic rings. The Morgan fingerprint density at radius 1 is 1.11 bits per heavy atom. The van der Waals surface area contributed by atoms with Gasteiger partial charge in [0, 0.05) is 47.7 Å². The Morgan fingerprint density at radius 2 is 1.85 bits per heavy atom. The van der Waals surface area contributed by atoms with Crippen LogP contribution in [0, 0.1) is 0 Å². The van der Waals surface area contributed by atoms with Gasteiger partial charge < -0.3 is 19.9 Å². The minimum atomic E-state index is -3.10. The van der Waals surface area contributed by atoms with Gasteiger partial charge in [0.15, 0.2) is 5.65 Å². The highest BCUT2D eigenvalue weighted by atomic mass is 35.5. The number of hydrogen-bond donors (Lipinski definition) is 1. The van der Waals surface area contributed by atoms with Gasteiger partial charge in [-0.3, -0.25) is 9.59 Å². The van der Waals surface area contributed by atoms with Crippen molar-refractivity contribution in [1.29, 1.82) is 0 Å². The van der Waals surface area contributed by atoms with Crippen LogP contribution >= 0.6 is 24.0 Å². The Morgan fingerprint density at radius 3 is 2.54 bits per heavy atom. The summed E-state index contributed by atoms with van der Waals surface area (Å²) in [6.45, 7) is -1.74. The number of aromatic nitrogens is 5. The molecule has 2 amide bonds. The van der Waals surface area contributed by atoms with E-state index < -0.39 is 12.5 Å². The van der Waals surface area contributed by atoms with Crippen LogP contribution in [-0.4, -0.2) is 85.8 Å². The van der Waals surface area contributed by atoms with Gasteiger partial charge in [-0.15, -0.1) is 12.4 Å². The highest BCUT2D eigenvalue weighted by molar-refractivity contribution is 6.31. The van der Waals surface area contributed by atoms with Gasteiger partial charge in [-0.25, -0.2) is 14.2 Å². The van der Waals surface area contributed by atoms with E-state index in [1.54, 1.807) is 42.7 Å². The fourth-order valence-corrected chi connectivity index (χ4v) is 5.56. The number of carbonyl (C=O) groups excluding carboxylic acids is 2. The molecule has 1 N–H and O–H groups in total. The van der Waals surface area contributed by atoms with Crippen LogP contribution < -0.4 is 10.1 Å². The Hall–Kier alpha value is -4.59. The third-order valence-electron chi connectivity index (χ3n) is 7.76. The first-order chi connectivity index (χ1) is 21.7. The zero-order valence-electron chi connectivity index (χ0n) is 24.8. The lowest BCUT2D eigenvalue weighted by Crippen LogP contribution is -2.44. The van der Waals surface area contributed by atoms with Crippen LogP contribution in [0.2, 0.25) is 5.02 Å². The molecule has 3 aromatic heterocycles. The van der Waals surface area contributed by atoms with Gasteiger partial charge in [0.25, 0.3) is 11.8 Å². The van der Waals surface area contributed by atoms with Crippen molar-refractivity contribution >= 4 is 47.2 Å². The van der Waals surface area contributed by atoms with Crippen LogP contribution in [0.1, 0.15) is 33.6 Å². The Labute approximate surface area is 274 Å². The quantitative estimate of drug-likeness (QED) is 0.226. The van der Waals surface area contributed by atoms with E-state index in [9.17, 15) is 18.4 Å². The molecular formula is C31H30Cl2F2N8O3. The van der Waals surface area contributed by atoms with Gasteiger partial charge in [0.2, 0.25) is 0 Å². The van der Waals surface area contributed by atoms with Crippen molar-refractivity contribution in [2.45, 2.75) is 25.5 Å². The van der Waals surface area contributed by atoms with Crippen molar-refractivity contribution in [3.05, 3.63) is 89.5 Å². The lowest BCUT2D eigenvalue weighted by molar-refractivity contribution is -0.0494. The summed E-state index contributed by atoms with van der Waals surface area (Å²) in [6, 6.07) is 13.2. The number of nitrogens with one attached hydrogen (secondary N) is 1. The number of carbonyl (C=O) groups is 2. The summed E-state index contributed by atoms with van der Waals surface area (Å²) < 4.78 is 34.3. The number of rotatable bonds is 8. The molecule has 2 aromatic carbocycles. The zero-order valence-corrected chi connectivity index (χ0v) is 26.4. The normalized spacial score (nSPS) is 13.7. The summed E-state index contributed by atoms with van der Waals surface area (Å²) in [5, 5.41) is 11.9. The molecular weight excluding hydrogens is 641 g/mol. The molecule has 11 nitrogen and oxygen atoms in total. The number of nitrogens with zero attached hydrogens (tertiary/aromatic N) is 7. The second-order valence-corrected chi connectivity index (χ2v) is 11.2. The maximum atomic E-state index is 13.4. The fourth-order valence-electron chi connectivity index (χ4n) is 5.38. The van der Waals surface area contributed by atoms with E-state index in [2.05, 4.69) is 39.5 Å². The average molecular weight is 672 g/mol. The fraction of sp³-hybridized carbons (Fsp3) is 0.258. The number of benzene rings is 2. The van der Waals surface area contributed by atoms with Crippen LogP contribution in [0.25, 0.3) is 22.6 Å². The van der Waals surface area contributed by atoms with Gasteiger partial charge in [0.05, 0.1) is 23.8 Å². The first-order valence-corrected chi connectivity index (χ1v) is 14.6. The van der Waals surface area contributed by atoms with Crippen LogP contribution in [0.3, 0.4) is 0 Å². The molecule has 1 fully saturated rings. The van der Waals surface area contributed by atoms with E-state index >= 15 is 0 Å². The number of hydrogen-bond acceptors (Lipinski definition) is 7. The number of piperidine rings is 1. The van der Waals surface area contributed by atoms with Crippen molar-refractivity contribution in [3.63, 3.8) is 0 Å². The molecule has 4 heterocycles. The van der Waals surface area contributed by atoms with E-state index in [1.807, 2.05) is 4.90 Å². The third-order valence-corrected chi connectivity index (χ3v) is 8.00. The summed E-state index contributed by atoms with van der Waals surface area (Å²) in [7, 11) is 4.10. The summed E-state index contributed by atoms with van der Waals surface area (Å²) in [6.07, 6.45) is 7.94. The van der Waals surface area contributed by atoms with Gasteiger partial charge >= 0.3 is 6.61 Å². The number of ether oxygens (including phenoxy) is 1. The lowest BCUT2D eigenvalue weighted by atomic mass is 10.0. The van der Waals surface area contributed by atoms with Gasteiger partial charge in [-0.1, -0.05) is 11.6 Å². The summed E-state index contributed by atoms with van der Waals surface area (Å²) >= 11 is 6.24. The number of amides is 2. The minimum Gasteiger partial charge on any atom is -0.434 e. The molecule has 1 saturated heterocycles. The Balaban J connectivity index is 0.00000417. The molecule has 6 rings (SSSR count). The van der Waals surface area contributed by atoms with Gasteiger partial charge in [-0.05, 0) is 75.5 Å². The molecule has 240 valence electrons. The lowest BCUT2D eigenvalue weighted by Gasteiger charge is -2.35. The zero-order chi connectivity index (χ0) is 31.7. The predicted molar refractivity (Wildman–Crippen MR) is 171 cm³/mol. The molecule has 1 aliphatic heterocycles. The maximum Gasteiger partial charge on any atom is 0.387 e. The SMILES string of the molecule is CN(C)C1CCN(C(=O)c2ccc(-n3cc(NC(=O)c4cnn5cccnc45)c(-c4cc(Cl)ccc4OC(F)F)n3)cc2)CC1.Cl. The summed E-state index contributed by atoms with van der Waals surface area (Å²) in [5.74, 6) is -0.767. The number of fused-ring (bicyclic) bond motifs is 1. The molecule has 46 heavy (non-hydrogen) atoms. The number of alkyl halides is 2. The Bertz CT molecular complexity index is 1850. The highest BCUT2D eigenvalue weighted by Gasteiger charge is 2.25. The smallest absolute Gasteiger partial charge is 0.387 e. The van der Waals surface area contributed by atoms with Crippen LogP contribution in [-0.2, 0) is 0 Å². The Kier molecular flexibility index (Phi) is 9.85. The standard InChI is InChI=1S/C31H29ClF2N8O3.ClH/c1-39(2)21-10-14-40(15-11-21)30(44)19-4-7-22(8-5-19)42-18-25(37-29(43)24-17-36-41-13-3-12-35-28(24)41)27(38-42)23-16-20(32)6-9-26(23)45-31(33)34;/h3-9,12-13,16-18,21,31H,10-11,14-15H2,1-2H3,(H,37,43);1H. The van der Waals surface area contributed by atoms with E-state index in [0.29, 0.717) is 36.0 Å². The van der Waals surface area contributed by atoms with E-state index in [0.717, 1.165) is 12.8 Å². The molecule has 0 radical (unpaired) electrons. The van der Waals surface area contributed by atoms with Gasteiger partial charge in [-0.2, -0.15) is 19.0 Å². The molecule has 0 spiro atoms. The number of likely N-dealkylation sites (tertiary alicyclic amines) is 1. The molecule has 0 saturated carbocycles. The second kappa shape index (κ2) is 13.8. The van der Waals surface area contributed by atoms with Crippen molar-refractivity contribution in [3.8, 4) is 22.7 Å². The largest absolute Gasteiger partial charge is 0.434 e. The average Bonchev–Trinajstić information content (AvgIpc) is 3.66. The number of halogens is 4. The van der Waals surface area contributed by atoms with E-state index in [1.165, 1.54) is 39.8 Å². The molecule has 0 unspecified atom stereocenters. The topological polar surface area (TPSA) is 110 Å². The first kappa shape index (κ1) is 32.8. The minimum absolute atomic E-state index is 0. The monoisotopic (exact) mass is 670 g/mol. The number of anilines is 1. The van der Waals surface area contributed by atoms with Gasteiger partial charge in [0.1, 0.15) is 17.0 Å². The van der Waals surface area contributed by atoms with E-state index in [-0.39, 0.29) is 51.6 Å². The molecule has 0 aliphatic carbocycles. The van der Waals surface area contributed by atoms with Crippen LogP contribution in [0.4, 0.5) is 14.5 Å². The molecule has 15 heteroatoms. The van der Waals surface area contributed by atoms with Crippen molar-refractivity contribution in [2.75, 3.05) is 32.5 Å². The summed E-state index contributed by atoms with van der Waals surface area (Å²) in [5.41, 5.74) is 2.10. The van der Waals surface area contributed by atoms with Crippen LogP contribution in [0.15, 0.2) is 73.3 Å². The summed E-state index contributed by atoms with van der Waals surface area (Å²) in [4.78, 5) is 34.9. The van der Waals surface area contributed by atoms with E-state index in [4.69, 9.17) is 16.3 Å². The highest BCUT2D eigenvalue weighted by Crippen LogP contribution is 2.37. The molecule has 0 bridgehead atoms. The maximum absolute atomic E-state index is 13.4. The molecule has 5 aromatic rings.